The molecule has 72 valence electrons. The van der Waals surface area contributed by atoms with Gasteiger partial charge in [-0.15, -0.1) is 0 Å². The number of hydrogen-bond acceptors (Lipinski definition) is 2. The third kappa shape index (κ3) is 6.61. The number of alkyl halides is 1. The fraction of sp³-hybridized carbons (Fsp3) is 0.875. The standard InChI is InChI=1S/C8H15BrO3/c1-7(8(10)11)12-6-4-2-3-5-9/h7H,2-6H2,1H3,(H,10,11). The van der Waals surface area contributed by atoms with Crippen molar-refractivity contribution in [1.82, 2.24) is 0 Å². The van der Waals surface area contributed by atoms with Gasteiger partial charge in [-0.25, -0.2) is 4.79 Å². The van der Waals surface area contributed by atoms with Gasteiger partial charge in [-0.1, -0.05) is 22.4 Å². The first-order chi connectivity index (χ1) is 5.68. The number of unbranched alkanes of at least 4 members (excludes halogenated alkanes) is 2. The van der Waals surface area contributed by atoms with Crippen molar-refractivity contribution < 1.29 is 14.6 Å². The highest BCUT2D eigenvalue weighted by Gasteiger charge is 2.09. The summed E-state index contributed by atoms with van der Waals surface area (Å²) in [5, 5.41) is 9.45. The van der Waals surface area contributed by atoms with Crippen molar-refractivity contribution in [1.29, 1.82) is 0 Å². The minimum absolute atomic E-state index is 0.542. The Morgan fingerprint density at radius 2 is 2.17 bits per heavy atom. The average molecular weight is 239 g/mol. The topological polar surface area (TPSA) is 46.5 Å². The molecule has 1 atom stereocenters. The van der Waals surface area contributed by atoms with Crippen LogP contribution in [0.2, 0.25) is 0 Å². The Balaban J connectivity index is 3.14. The van der Waals surface area contributed by atoms with Crippen LogP contribution in [0.25, 0.3) is 0 Å². The Kier molecular flexibility index (Phi) is 7.50. The molecule has 3 nitrogen and oxygen atoms in total. The Morgan fingerprint density at radius 3 is 2.67 bits per heavy atom. The molecule has 0 aliphatic rings. The highest BCUT2D eigenvalue weighted by atomic mass is 79.9. The molecule has 0 spiro atoms. The summed E-state index contributed by atoms with van der Waals surface area (Å²) in [5.41, 5.74) is 0. The van der Waals surface area contributed by atoms with Gasteiger partial charge in [0.1, 0.15) is 0 Å². The lowest BCUT2D eigenvalue weighted by atomic mass is 10.3. The molecule has 0 saturated heterocycles. The number of ether oxygens (including phenoxy) is 1. The van der Waals surface area contributed by atoms with Crippen molar-refractivity contribution in [2.75, 3.05) is 11.9 Å². The molecule has 0 aromatic carbocycles. The first kappa shape index (κ1) is 11.9. The molecule has 12 heavy (non-hydrogen) atoms. The number of aliphatic carboxylic acids is 1. The van der Waals surface area contributed by atoms with Crippen molar-refractivity contribution in [3.8, 4) is 0 Å². The van der Waals surface area contributed by atoms with Crippen molar-refractivity contribution in [3.63, 3.8) is 0 Å². The van der Waals surface area contributed by atoms with E-state index in [1.54, 1.807) is 6.92 Å². The lowest BCUT2D eigenvalue weighted by Gasteiger charge is -2.07. The van der Waals surface area contributed by atoms with E-state index in [0.717, 1.165) is 24.6 Å². The Morgan fingerprint density at radius 1 is 1.50 bits per heavy atom. The van der Waals surface area contributed by atoms with Gasteiger partial charge in [-0.05, 0) is 19.8 Å². The molecular formula is C8H15BrO3. The van der Waals surface area contributed by atoms with Crippen molar-refractivity contribution in [2.24, 2.45) is 0 Å². The SMILES string of the molecule is CC(OCCCCCBr)C(=O)O. The van der Waals surface area contributed by atoms with E-state index in [2.05, 4.69) is 15.9 Å². The van der Waals surface area contributed by atoms with E-state index in [4.69, 9.17) is 9.84 Å². The zero-order valence-electron chi connectivity index (χ0n) is 7.25. The maximum absolute atomic E-state index is 10.3. The van der Waals surface area contributed by atoms with Crippen molar-refractivity contribution in [3.05, 3.63) is 0 Å². The number of rotatable bonds is 7. The lowest BCUT2D eigenvalue weighted by molar-refractivity contribution is -0.149. The summed E-state index contributed by atoms with van der Waals surface area (Å²) in [6, 6.07) is 0. The third-order valence-electron chi connectivity index (χ3n) is 1.49. The maximum atomic E-state index is 10.3. The monoisotopic (exact) mass is 238 g/mol. The van der Waals surface area contributed by atoms with Crippen LogP contribution < -0.4 is 0 Å². The molecule has 0 radical (unpaired) electrons. The number of carbonyl (C=O) groups is 1. The van der Waals surface area contributed by atoms with Crippen LogP contribution in [0.3, 0.4) is 0 Å². The fourth-order valence-corrected chi connectivity index (χ4v) is 1.10. The number of carboxylic acid groups (broad SMARTS) is 1. The van der Waals surface area contributed by atoms with Gasteiger partial charge >= 0.3 is 5.97 Å². The molecular weight excluding hydrogens is 224 g/mol. The summed E-state index contributed by atoms with van der Waals surface area (Å²) in [4.78, 5) is 10.3. The Hall–Kier alpha value is -0.0900. The van der Waals surface area contributed by atoms with Gasteiger partial charge in [-0.2, -0.15) is 0 Å². The summed E-state index contributed by atoms with van der Waals surface area (Å²) in [5.74, 6) is -0.893. The van der Waals surface area contributed by atoms with Crippen LogP contribution >= 0.6 is 15.9 Å². The van der Waals surface area contributed by atoms with Gasteiger partial charge in [0.15, 0.2) is 6.10 Å². The Labute approximate surface area is 81.2 Å². The minimum atomic E-state index is -0.893. The zero-order valence-corrected chi connectivity index (χ0v) is 8.84. The summed E-state index contributed by atoms with van der Waals surface area (Å²) < 4.78 is 5.04. The van der Waals surface area contributed by atoms with Crippen LogP contribution in [0.4, 0.5) is 0 Å². The molecule has 0 saturated carbocycles. The van der Waals surface area contributed by atoms with Crippen LogP contribution in [0.1, 0.15) is 26.2 Å². The van der Waals surface area contributed by atoms with Crippen molar-refractivity contribution in [2.45, 2.75) is 32.3 Å². The van der Waals surface area contributed by atoms with Crippen molar-refractivity contribution >= 4 is 21.9 Å². The highest BCUT2D eigenvalue weighted by molar-refractivity contribution is 9.09. The average Bonchev–Trinajstić information content (AvgIpc) is 2.03. The van der Waals surface area contributed by atoms with Gasteiger partial charge in [-0.3, -0.25) is 0 Å². The second kappa shape index (κ2) is 7.55. The van der Waals surface area contributed by atoms with E-state index >= 15 is 0 Å². The molecule has 0 aromatic heterocycles. The van der Waals surface area contributed by atoms with E-state index in [1.165, 1.54) is 0 Å². The molecule has 1 N–H and O–H groups in total. The van der Waals surface area contributed by atoms with Gasteiger partial charge in [0.25, 0.3) is 0 Å². The molecule has 0 heterocycles. The van der Waals surface area contributed by atoms with Crippen LogP contribution in [0, 0.1) is 0 Å². The second-order valence-electron chi connectivity index (χ2n) is 2.60. The predicted octanol–water partition coefficient (Wildman–Crippen LogP) is 2.04. The molecule has 0 aliphatic heterocycles. The summed E-state index contributed by atoms with van der Waals surface area (Å²) in [7, 11) is 0. The summed E-state index contributed by atoms with van der Waals surface area (Å²) in [6.45, 7) is 2.09. The largest absolute Gasteiger partial charge is 0.479 e. The van der Waals surface area contributed by atoms with Gasteiger partial charge < -0.3 is 9.84 Å². The predicted molar refractivity (Wildman–Crippen MR) is 50.7 cm³/mol. The van der Waals surface area contributed by atoms with E-state index in [-0.39, 0.29) is 0 Å². The number of halogens is 1. The first-order valence-electron chi connectivity index (χ1n) is 4.09. The van der Waals surface area contributed by atoms with Crippen LogP contribution in [0.15, 0.2) is 0 Å². The quantitative estimate of drug-likeness (QED) is 0.546. The molecule has 4 heteroatoms. The normalized spacial score (nSPS) is 12.8. The molecule has 0 rings (SSSR count). The molecule has 0 aromatic rings. The summed E-state index contributed by atoms with van der Waals surface area (Å²) >= 11 is 3.32. The molecule has 1 unspecified atom stereocenters. The van der Waals surface area contributed by atoms with E-state index in [1.807, 2.05) is 0 Å². The van der Waals surface area contributed by atoms with E-state index in [0.29, 0.717) is 6.61 Å². The van der Waals surface area contributed by atoms with Gasteiger partial charge in [0, 0.05) is 11.9 Å². The summed E-state index contributed by atoms with van der Waals surface area (Å²) in [6.07, 6.45) is 2.46. The molecule has 0 bridgehead atoms. The smallest absolute Gasteiger partial charge is 0.332 e. The Bertz CT molecular complexity index is 127. The van der Waals surface area contributed by atoms with E-state index in [9.17, 15) is 4.79 Å². The highest BCUT2D eigenvalue weighted by Crippen LogP contribution is 2.00. The second-order valence-corrected chi connectivity index (χ2v) is 3.39. The molecule has 0 aliphatic carbocycles. The molecule has 0 fully saturated rings. The lowest BCUT2D eigenvalue weighted by Crippen LogP contribution is -2.20. The van der Waals surface area contributed by atoms with Gasteiger partial charge in [0.05, 0.1) is 0 Å². The van der Waals surface area contributed by atoms with Crippen LogP contribution in [-0.2, 0) is 9.53 Å². The van der Waals surface area contributed by atoms with E-state index < -0.39 is 12.1 Å². The molecule has 0 amide bonds. The zero-order chi connectivity index (χ0) is 9.40. The van der Waals surface area contributed by atoms with Crippen LogP contribution in [-0.4, -0.2) is 29.1 Å². The third-order valence-corrected chi connectivity index (χ3v) is 2.05. The number of carboxylic acids is 1. The minimum Gasteiger partial charge on any atom is -0.479 e. The van der Waals surface area contributed by atoms with Crippen LogP contribution in [0.5, 0.6) is 0 Å². The fourth-order valence-electron chi connectivity index (χ4n) is 0.705. The first-order valence-corrected chi connectivity index (χ1v) is 5.21. The maximum Gasteiger partial charge on any atom is 0.332 e. The number of hydrogen-bond donors (Lipinski definition) is 1. The van der Waals surface area contributed by atoms with Gasteiger partial charge in [0.2, 0.25) is 0 Å².